The summed E-state index contributed by atoms with van der Waals surface area (Å²) in [7, 11) is 0. The number of rotatable bonds is 3. The van der Waals surface area contributed by atoms with Crippen molar-refractivity contribution in [1.82, 2.24) is 5.32 Å². The number of alkyl halides is 3. The number of carbonyl (C=O) groups excluding carboxylic acids is 3. The molecule has 170 valence electrons. The molecule has 0 spiro atoms. The van der Waals surface area contributed by atoms with Gasteiger partial charge in [-0.15, -0.1) is 0 Å². The number of ether oxygens (including phenoxy) is 2. The number of anilines is 1. The van der Waals surface area contributed by atoms with E-state index in [9.17, 15) is 27.6 Å². The first-order chi connectivity index (χ1) is 14.9. The number of nitrogens with one attached hydrogen (secondary N) is 1. The van der Waals surface area contributed by atoms with Gasteiger partial charge in [0.25, 0.3) is 0 Å². The van der Waals surface area contributed by atoms with Gasteiger partial charge in [-0.2, -0.15) is 18.4 Å². The Labute approximate surface area is 181 Å². The van der Waals surface area contributed by atoms with Crippen LogP contribution in [0.1, 0.15) is 38.3 Å². The third-order valence-corrected chi connectivity index (χ3v) is 6.59. The van der Waals surface area contributed by atoms with Crippen molar-refractivity contribution in [3.8, 4) is 6.07 Å². The van der Waals surface area contributed by atoms with E-state index in [0.29, 0.717) is 6.07 Å². The second-order valence-corrected chi connectivity index (χ2v) is 8.53. The van der Waals surface area contributed by atoms with Gasteiger partial charge in [0.15, 0.2) is 0 Å². The van der Waals surface area contributed by atoms with Crippen LogP contribution in [0, 0.1) is 23.2 Å². The topological polar surface area (TPSA) is 109 Å². The summed E-state index contributed by atoms with van der Waals surface area (Å²) in [5, 5.41) is 11.7. The number of nitrogens with zero attached hydrogens (tertiary/aromatic N) is 2. The minimum atomic E-state index is -4.84. The third kappa shape index (κ3) is 2.97. The molecule has 0 saturated carbocycles. The number of carbonyl (C=O) groups is 3. The van der Waals surface area contributed by atoms with Crippen LogP contribution in [0.2, 0.25) is 0 Å². The highest BCUT2D eigenvalue weighted by molar-refractivity contribution is 6.23. The summed E-state index contributed by atoms with van der Waals surface area (Å²) in [6, 6.07) is 3.56. The fourth-order valence-electron chi connectivity index (χ4n) is 5.32. The predicted molar refractivity (Wildman–Crippen MR) is 102 cm³/mol. The van der Waals surface area contributed by atoms with Crippen molar-refractivity contribution in [1.29, 1.82) is 5.26 Å². The maximum absolute atomic E-state index is 13.4. The van der Waals surface area contributed by atoms with Crippen LogP contribution in [0.25, 0.3) is 0 Å². The standard InChI is InChI=1S/C21H20F3N3O5/c1-4-31-18(30)26-13-8-19(2)14-15(20(13,3)32-19)17(29)27(16(14)28)11-6-5-10(9-25)12(7-11)21(22,23)24/h5-7,13-15H,4,8H2,1-3H3,(H,26,30)/t13-,14-,15+,19?,20?/m1/s1. The minimum absolute atomic E-state index is 0.144. The molecule has 3 aliphatic rings. The lowest BCUT2D eigenvalue weighted by atomic mass is 9.66. The maximum Gasteiger partial charge on any atom is 0.417 e. The summed E-state index contributed by atoms with van der Waals surface area (Å²) in [6.07, 6.45) is -5.29. The van der Waals surface area contributed by atoms with Crippen molar-refractivity contribution in [2.24, 2.45) is 11.8 Å². The Balaban J connectivity index is 1.72. The molecule has 3 aliphatic heterocycles. The second kappa shape index (κ2) is 6.93. The van der Waals surface area contributed by atoms with E-state index in [1.165, 1.54) is 6.07 Å². The number of fused-ring (bicyclic) bond motifs is 5. The van der Waals surface area contributed by atoms with Crippen LogP contribution in [0.15, 0.2) is 18.2 Å². The number of imide groups is 1. The van der Waals surface area contributed by atoms with Crippen LogP contribution in [-0.2, 0) is 25.2 Å². The van der Waals surface area contributed by atoms with Crippen molar-refractivity contribution < 1.29 is 37.0 Å². The molecule has 0 radical (unpaired) electrons. The van der Waals surface area contributed by atoms with Crippen molar-refractivity contribution in [3.05, 3.63) is 29.3 Å². The van der Waals surface area contributed by atoms with E-state index in [1.807, 2.05) is 0 Å². The Kier molecular flexibility index (Phi) is 4.78. The molecule has 2 bridgehead atoms. The zero-order chi connectivity index (χ0) is 23.6. The van der Waals surface area contributed by atoms with Crippen molar-refractivity contribution in [2.45, 2.75) is 50.6 Å². The average molecular weight is 451 g/mol. The van der Waals surface area contributed by atoms with Crippen LogP contribution in [-0.4, -0.2) is 41.8 Å². The molecule has 4 rings (SSSR count). The largest absolute Gasteiger partial charge is 0.450 e. The zero-order valence-corrected chi connectivity index (χ0v) is 17.4. The third-order valence-electron chi connectivity index (χ3n) is 6.59. The fraction of sp³-hybridized carbons (Fsp3) is 0.524. The number of alkyl carbamates (subject to hydrolysis) is 1. The average Bonchev–Trinajstić information content (AvgIpc) is 3.21. The number of benzene rings is 1. The zero-order valence-electron chi connectivity index (χ0n) is 17.4. The number of hydrogen-bond donors (Lipinski definition) is 1. The maximum atomic E-state index is 13.4. The molecule has 1 N–H and O–H groups in total. The first-order valence-corrected chi connectivity index (χ1v) is 10.00. The summed E-state index contributed by atoms with van der Waals surface area (Å²) >= 11 is 0. The van der Waals surface area contributed by atoms with Crippen molar-refractivity contribution in [2.75, 3.05) is 11.5 Å². The van der Waals surface area contributed by atoms with Gasteiger partial charge in [0.2, 0.25) is 11.8 Å². The molecule has 1 aromatic rings. The van der Waals surface area contributed by atoms with Gasteiger partial charge in [-0.25, -0.2) is 9.69 Å². The van der Waals surface area contributed by atoms with Crippen LogP contribution >= 0.6 is 0 Å². The van der Waals surface area contributed by atoms with Crippen molar-refractivity contribution >= 4 is 23.6 Å². The van der Waals surface area contributed by atoms with Gasteiger partial charge >= 0.3 is 12.3 Å². The molecule has 11 heteroatoms. The normalized spacial score (nSPS) is 33.3. The van der Waals surface area contributed by atoms with Gasteiger partial charge in [0, 0.05) is 6.42 Å². The molecule has 3 saturated heterocycles. The highest BCUT2D eigenvalue weighted by Crippen LogP contribution is 2.61. The Bertz CT molecular complexity index is 1070. The molecular formula is C21H20F3N3O5. The van der Waals surface area contributed by atoms with Crippen LogP contribution in [0.3, 0.4) is 0 Å². The summed E-state index contributed by atoms with van der Waals surface area (Å²) in [5.41, 5.74) is -4.44. The van der Waals surface area contributed by atoms with Crippen LogP contribution in [0.4, 0.5) is 23.7 Å². The molecule has 5 atom stereocenters. The van der Waals surface area contributed by atoms with Gasteiger partial charge < -0.3 is 14.8 Å². The number of hydrogen-bond acceptors (Lipinski definition) is 6. The SMILES string of the molecule is CCOC(=O)N[C@@H]1CC2(C)OC1(C)[C@@H]1C(=O)N(c3ccc(C#N)c(C(F)(F)F)c3)C(=O)[C@@H]12. The van der Waals surface area contributed by atoms with E-state index in [0.717, 1.165) is 17.0 Å². The smallest absolute Gasteiger partial charge is 0.417 e. The lowest BCUT2D eigenvalue weighted by molar-refractivity contribution is -0.138. The van der Waals surface area contributed by atoms with E-state index in [-0.39, 0.29) is 18.7 Å². The quantitative estimate of drug-likeness (QED) is 0.708. The van der Waals surface area contributed by atoms with E-state index in [1.54, 1.807) is 20.8 Å². The molecule has 3 amide bonds. The first-order valence-electron chi connectivity index (χ1n) is 10.00. The van der Waals surface area contributed by atoms with E-state index in [4.69, 9.17) is 14.7 Å². The summed E-state index contributed by atoms with van der Waals surface area (Å²) in [6.45, 7) is 5.04. The van der Waals surface area contributed by atoms with Gasteiger partial charge in [-0.05, 0) is 39.0 Å². The van der Waals surface area contributed by atoms with E-state index < -0.39 is 64.3 Å². The molecule has 0 aliphatic carbocycles. The molecule has 8 nitrogen and oxygen atoms in total. The lowest BCUT2D eigenvalue weighted by Gasteiger charge is -2.35. The molecule has 3 heterocycles. The van der Waals surface area contributed by atoms with Crippen LogP contribution < -0.4 is 10.2 Å². The molecule has 32 heavy (non-hydrogen) atoms. The molecule has 0 aromatic heterocycles. The minimum Gasteiger partial charge on any atom is -0.450 e. The highest BCUT2D eigenvalue weighted by atomic mass is 19.4. The second-order valence-electron chi connectivity index (χ2n) is 8.53. The van der Waals surface area contributed by atoms with Gasteiger partial charge in [0.05, 0.1) is 58.6 Å². The Morgan fingerprint density at radius 2 is 1.97 bits per heavy atom. The van der Waals surface area contributed by atoms with Crippen LogP contribution in [0.5, 0.6) is 0 Å². The van der Waals surface area contributed by atoms with Crippen molar-refractivity contribution in [3.63, 3.8) is 0 Å². The molecule has 2 unspecified atom stereocenters. The Hall–Kier alpha value is -3.13. The monoisotopic (exact) mass is 451 g/mol. The Morgan fingerprint density at radius 1 is 1.31 bits per heavy atom. The molecule has 3 fully saturated rings. The van der Waals surface area contributed by atoms with Gasteiger partial charge in [0.1, 0.15) is 0 Å². The van der Waals surface area contributed by atoms with E-state index in [2.05, 4.69) is 5.32 Å². The van der Waals surface area contributed by atoms with Gasteiger partial charge in [-0.3, -0.25) is 9.59 Å². The Morgan fingerprint density at radius 3 is 2.56 bits per heavy atom. The molecule has 1 aromatic carbocycles. The van der Waals surface area contributed by atoms with E-state index >= 15 is 0 Å². The number of amides is 3. The number of halogens is 3. The first kappa shape index (κ1) is 22.1. The predicted octanol–water partition coefficient (Wildman–Crippen LogP) is 2.75. The summed E-state index contributed by atoms with van der Waals surface area (Å²) in [5.74, 6) is -3.28. The van der Waals surface area contributed by atoms with Gasteiger partial charge in [-0.1, -0.05) is 0 Å². The lowest BCUT2D eigenvalue weighted by Crippen LogP contribution is -2.56. The summed E-state index contributed by atoms with van der Waals surface area (Å²) < 4.78 is 51.2. The fourth-order valence-corrected chi connectivity index (χ4v) is 5.32. The highest BCUT2D eigenvalue weighted by Gasteiger charge is 2.76. The molecular weight excluding hydrogens is 431 g/mol. The summed E-state index contributed by atoms with van der Waals surface area (Å²) in [4.78, 5) is 39.3. The number of nitriles is 1.